The van der Waals surface area contributed by atoms with E-state index in [1.54, 1.807) is 0 Å². The lowest BCUT2D eigenvalue weighted by molar-refractivity contribution is -0.325. The van der Waals surface area contributed by atoms with Gasteiger partial charge in [-0.1, -0.05) is 0 Å². The first-order chi connectivity index (χ1) is 14.0. The van der Waals surface area contributed by atoms with Gasteiger partial charge in [-0.2, -0.15) is 0 Å². The average Bonchev–Trinajstić information content (AvgIpc) is 2.67. The quantitative estimate of drug-likeness (QED) is 0.104. The highest BCUT2D eigenvalue weighted by Crippen LogP contribution is 2.28. The molecule has 1 aliphatic rings. The molecule has 14 heteroatoms. The minimum Gasteiger partial charge on any atom is -0.462 e. The summed E-state index contributed by atoms with van der Waals surface area (Å²) >= 11 is 2.59. The fourth-order valence-corrected chi connectivity index (χ4v) is 3.06. The van der Waals surface area contributed by atoms with Gasteiger partial charge >= 0.3 is 11.9 Å². The lowest BCUT2D eigenvalue weighted by Crippen LogP contribution is -2.61. The van der Waals surface area contributed by atoms with E-state index in [4.69, 9.17) is 23.7 Å². The lowest BCUT2D eigenvalue weighted by atomic mass is 9.99. The maximum atomic E-state index is 14.2. The van der Waals surface area contributed by atoms with Gasteiger partial charge in [0.15, 0.2) is 23.6 Å². The molecule has 0 aromatic carbocycles. The second-order valence-corrected chi connectivity index (χ2v) is 7.15. The molecule has 30 heavy (non-hydrogen) atoms. The molecule has 0 spiro atoms. The van der Waals surface area contributed by atoms with Crippen LogP contribution in [-0.4, -0.2) is 106 Å². The Morgan fingerprint density at radius 1 is 1.13 bits per heavy atom. The van der Waals surface area contributed by atoms with Crippen molar-refractivity contribution < 1.29 is 62.9 Å². The highest BCUT2D eigenvalue weighted by molar-refractivity contribution is 9.09. The van der Waals surface area contributed by atoms with Crippen LogP contribution in [0.25, 0.3) is 0 Å². The number of carbonyl (C=O) groups excluding carboxylic acids is 3. The van der Waals surface area contributed by atoms with Crippen molar-refractivity contribution in [3.8, 4) is 0 Å². The second kappa shape index (κ2) is 12.4. The summed E-state index contributed by atoms with van der Waals surface area (Å²) in [6.07, 6.45) is -13.6. The van der Waals surface area contributed by atoms with Crippen molar-refractivity contribution >= 4 is 34.3 Å². The summed E-state index contributed by atoms with van der Waals surface area (Å²) in [6.45, 7) is 0.554. The lowest BCUT2D eigenvalue weighted by Gasteiger charge is -2.42. The van der Waals surface area contributed by atoms with Crippen LogP contribution < -0.4 is 0 Å². The molecule has 0 aromatic heterocycles. The molecule has 1 fully saturated rings. The Morgan fingerprint density at radius 2 is 1.77 bits per heavy atom. The second-order valence-electron chi connectivity index (χ2n) is 6.28. The normalized spacial score (nSPS) is 30.5. The molecule has 1 heterocycles. The fraction of sp³-hybridized carbons (Fsp3) is 0.812. The zero-order valence-electron chi connectivity index (χ0n) is 16.0. The van der Waals surface area contributed by atoms with Gasteiger partial charge in [-0.25, -0.2) is 4.39 Å². The van der Waals surface area contributed by atoms with Crippen molar-refractivity contribution in [2.75, 3.05) is 13.2 Å². The zero-order chi connectivity index (χ0) is 23.0. The summed E-state index contributed by atoms with van der Waals surface area (Å²) in [7, 11) is 0. The third-order valence-corrected chi connectivity index (χ3v) is 4.58. The van der Waals surface area contributed by atoms with Crippen LogP contribution in [0.15, 0.2) is 0 Å². The first-order valence-electron chi connectivity index (χ1n) is 8.67. The van der Waals surface area contributed by atoms with Crippen LogP contribution in [0.3, 0.4) is 0 Å². The predicted octanol–water partition coefficient (Wildman–Crippen LogP) is -2.10. The molecule has 0 aliphatic carbocycles. The highest BCUT2D eigenvalue weighted by Gasteiger charge is 2.48. The van der Waals surface area contributed by atoms with Gasteiger partial charge in [-0.3, -0.25) is 14.4 Å². The fourth-order valence-electron chi connectivity index (χ4n) is 2.65. The van der Waals surface area contributed by atoms with Gasteiger partial charge in [-0.05, 0) is 15.9 Å². The smallest absolute Gasteiger partial charge is 0.303 e. The molecule has 12 nitrogen and oxygen atoms in total. The van der Waals surface area contributed by atoms with Crippen molar-refractivity contribution in [3.05, 3.63) is 0 Å². The molecule has 1 rings (SSSR count). The number of aliphatic hydroxyl groups excluding tert-OH is 4. The summed E-state index contributed by atoms with van der Waals surface area (Å²) < 4.78 is 39.2. The first-order valence-corrected chi connectivity index (χ1v) is 9.58. The zero-order valence-corrected chi connectivity index (χ0v) is 17.6. The largest absolute Gasteiger partial charge is 0.462 e. The molecule has 0 saturated carbocycles. The minimum absolute atomic E-state index is 0.0515. The Labute approximate surface area is 178 Å². The molecule has 1 unspecified atom stereocenters. The topological polar surface area (TPSA) is 178 Å². The van der Waals surface area contributed by atoms with Gasteiger partial charge < -0.3 is 44.1 Å². The molecule has 0 aromatic rings. The van der Waals surface area contributed by atoms with E-state index in [1.165, 1.54) is 0 Å². The number of halogens is 2. The van der Waals surface area contributed by atoms with Crippen molar-refractivity contribution in [2.24, 2.45) is 0 Å². The summed E-state index contributed by atoms with van der Waals surface area (Å²) in [6, 6.07) is 0. The number of ether oxygens (including phenoxy) is 5. The summed E-state index contributed by atoms with van der Waals surface area (Å²) in [4.78, 5) is 33.5. The number of carbonyl (C=O) groups is 3. The molecule has 0 bridgehead atoms. The molecular formula is C16H24BrFO12. The Kier molecular flexibility index (Phi) is 11.0. The molecule has 4 N–H and O–H groups in total. The van der Waals surface area contributed by atoms with Gasteiger partial charge in [-0.15, -0.1) is 0 Å². The van der Waals surface area contributed by atoms with Crippen LogP contribution in [0.2, 0.25) is 0 Å². The van der Waals surface area contributed by atoms with E-state index in [9.17, 15) is 39.2 Å². The highest BCUT2D eigenvalue weighted by atomic mass is 79.9. The number of rotatable bonds is 11. The Balaban J connectivity index is 3.23. The average molecular weight is 507 g/mol. The van der Waals surface area contributed by atoms with Gasteiger partial charge in [0, 0.05) is 13.8 Å². The van der Waals surface area contributed by atoms with Crippen molar-refractivity contribution in [3.63, 3.8) is 0 Å². The van der Waals surface area contributed by atoms with Crippen LogP contribution in [0, 0.1) is 0 Å². The van der Waals surface area contributed by atoms with E-state index >= 15 is 0 Å². The van der Waals surface area contributed by atoms with Crippen molar-refractivity contribution in [1.82, 2.24) is 0 Å². The molecular weight excluding hydrogens is 483 g/mol. The number of aliphatic hydroxyl groups is 4. The van der Waals surface area contributed by atoms with Crippen LogP contribution in [0.4, 0.5) is 4.39 Å². The molecule has 1 aliphatic heterocycles. The third-order valence-electron chi connectivity index (χ3n) is 4.06. The minimum atomic E-state index is -2.08. The number of hydrogen-bond donors (Lipinski definition) is 4. The molecule has 0 radical (unpaired) electrons. The van der Waals surface area contributed by atoms with Crippen LogP contribution >= 0.6 is 15.9 Å². The summed E-state index contributed by atoms with van der Waals surface area (Å²) in [5.74, 6) is -1.72. The molecule has 174 valence electrons. The summed E-state index contributed by atoms with van der Waals surface area (Å²) in [5, 5.41) is 37.1. The van der Waals surface area contributed by atoms with Gasteiger partial charge in [0.05, 0.1) is 6.61 Å². The summed E-state index contributed by atoms with van der Waals surface area (Å²) in [5.41, 5.74) is 0. The molecule has 9 atom stereocenters. The SMILES string of the molecule is CC(=O)OC[C@@H](OC=O)[C@@H](O[C@@H]1O[C@H](CO)[C@H](O)[C@H](O)[C@H]1O)[C@H](OC(C)=O)C(F)Br. The van der Waals surface area contributed by atoms with Gasteiger partial charge in [0.2, 0.25) is 0 Å². The van der Waals surface area contributed by atoms with Gasteiger partial charge in [0.1, 0.15) is 37.1 Å². The van der Waals surface area contributed by atoms with Crippen LogP contribution in [-0.2, 0) is 38.1 Å². The van der Waals surface area contributed by atoms with E-state index in [-0.39, 0.29) is 6.47 Å². The number of esters is 2. The van der Waals surface area contributed by atoms with E-state index in [0.29, 0.717) is 0 Å². The standard InChI is InChI=1S/C16H24BrFO12/c1-6(21)26-4-9(27-5-20)13(14(15(17)18)28-7(2)22)30-16-12(25)11(24)10(23)8(3-19)29-16/h5,8-16,19,23-25H,3-4H2,1-2H3/t8-,9-,10+,11+,12-,13-,14+,15?,16+/m1/s1. The number of hydrogen-bond acceptors (Lipinski definition) is 12. The third kappa shape index (κ3) is 7.37. The Bertz CT molecular complexity index is 576. The van der Waals surface area contributed by atoms with E-state index < -0.39 is 79.3 Å². The van der Waals surface area contributed by atoms with Gasteiger partial charge in [0.25, 0.3) is 6.47 Å². The van der Waals surface area contributed by atoms with E-state index in [2.05, 4.69) is 15.9 Å². The molecule has 0 amide bonds. The first kappa shape index (κ1) is 26.6. The van der Waals surface area contributed by atoms with Crippen LogP contribution in [0.5, 0.6) is 0 Å². The molecule has 1 saturated heterocycles. The Morgan fingerprint density at radius 3 is 2.23 bits per heavy atom. The number of alkyl halides is 2. The van der Waals surface area contributed by atoms with Crippen molar-refractivity contribution in [1.29, 1.82) is 0 Å². The maximum Gasteiger partial charge on any atom is 0.303 e. The maximum absolute atomic E-state index is 14.2. The monoisotopic (exact) mass is 506 g/mol. The van der Waals surface area contributed by atoms with E-state index in [1.807, 2.05) is 0 Å². The Hall–Kier alpha value is -1.42. The predicted molar refractivity (Wildman–Crippen MR) is 95.6 cm³/mol. The van der Waals surface area contributed by atoms with Crippen molar-refractivity contribution in [2.45, 2.75) is 67.9 Å². The van der Waals surface area contributed by atoms with E-state index in [0.717, 1.165) is 13.8 Å². The van der Waals surface area contributed by atoms with Crippen LogP contribution in [0.1, 0.15) is 13.8 Å².